The molecule has 0 amide bonds. The fraction of sp³-hybridized carbons (Fsp3) is 0.538. The second-order valence-corrected chi connectivity index (χ2v) is 5.55. The first kappa shape index (κ1) is 17.2. The van der Waals surface area contributed by atoms with Gasteiger partial charge >= 0.3 is 6.18 Å². The summed E-state index contributed by atoms with van der Waals surface area (Å²) >= 11 is 0. The topological polar surface area (TPSA) is 58.4 Å². The number of nitro benzene ring substituents is 1. The molecule has 0 aliphatic rings. The summed E-state index contributed by atoms with van der Waals surface area (Å²) in [7, 11) is 3.72. The van der Waals surface area contributed by atoms with Crippen molar-refractivity contribution in [2.24, 2.45) is 0 Å². The molecule has 118 valence electrons. The average Bonchev–Trinajstić information content (AvgIpc) is 2.34. The van der Waals surface area contributed by atoms with Gasteiger partial charge < -0.3 is 10.2 Å². The van der Waals surface area contributed by atoms with E-state index in [1.165, 1.54) is 6.07 Å². The summed E-state index contributed by atoms with van der Waals surface area (Å²) in [6.45, 7) is 4.25. The van der Waals surface area contributed by atoms with Gasteiger partial charge in [0.15, 0.2) is 0 Å². The molecule has 0 unspecified atom stereocenters. The monoisotopic (exact) mass is 305 g/mol. The molecule has 1 rings (SSSR count). The minimum absolute atomic E-state index is 0.197. The molecule has 0 saturated heterocycles. The van der Waals surface area contributed by atoms with E-state index in [9.17, 15) is 23.3 Å². The molecule has 5 nitrogen and oxygen atoms in total. The maximum absolute atomic E-state index is 12.9. The Balaban J connectivity index is 3.04. The van der Waals surface area contributed by atoms with Crippen LogP contribution in [0.3, 0.4) is 0 Å². The van der Waals surface area contributed by atoms with Crippen molar-refractivity contribution in [3.05, 3.63) is 33.9 Å². The maximum atomic E-state index is 12.9. The molecule has 0 atom stereocenters. The third-order valence-electron chi connectivity index (χ3n) is 3.43. The number of hydrogen-bond acceptors (Lipinski definition) is 4. The lowest BCUT2D eigenvalue weighted by molar-refractivity contribution is -0.388. The Bertz CT molecular complexity index is 528. The minimum atomic E-state index is -4.77. The van der Waals surface area contributed by atoms with Gasteiger partial charge in [-0.2, -0.15) is 13.2 Å². The van der Waals surface area contributed by atoms with E-state index in [4.69, 9.17) is 0 Å². The number of likely N-dealkylation sites (N-methyl/N-ethyl adjacent to an activating group) is 1. The molecular formula is C13H18F3N3O2. The number of alkyl halides is 3. The van der Waals surface area contributed by atoms with Gasteiger partial charge in [-0.15, -0.1) is 0 Å². The van der Waals surface area contributed by atoms with E-state index in [0.29, 0.717) is 6.54 Å². The third kappa shape index (κ3) is 4.32. The van der Waals surface area contributed by atoms with Crippen LogP contribution >= 0.6 is 0 Å². The first-order valence-electron chi connectivity index (χ1n) is 6.22. The molecule has 8 heteroatoms. The zero-order valence-electron chi connectivity index (χ0n) is 12.3. The van der Waals surface area contributed by atoms with Crippen molar-refractivity contribution in [1.29, 1.82) is 0 Å². The van der Waals surface area contributed by atoms with E-state index in [-0.39, 0.29) is 11.2 Å². The van der Waals surface area contributed by atoms with Crippen molar-refractivity contribution in [3.8, 4) is 0 Å². The molecule has 1 aromatic carbocycles. The van der Waals surface area contributed by atoms with Gasteiger partial charge in [-0.1, -0.05) is 0 Å². The van der Waals surface area contributed by atoms with E-state index in [2.05, 4.69) is 5.32 Å². The van der Waals surface area contributed by atoms with Gasteiger partial charge in [-0.3, -0.25) is 10.1 Å². The zero-order valence-corrected chi connectivity index (χ0v) is 12.3. The van der Waals surface area contributed by atoms with E-state index >= 15 is 0 Å². The molecule has 0 aromatic heterocycles. The van der Waals surface area contributed by atoms with E-state index in [1.807, 2.05) is 32.8 Å². The van der Waals surface area contributed by atoms with Crippen LogP contribution in [-0.4, -0.2) is 36.0 Å². The highest BCUT2D eigenvalue weighted by Gasteiger charge is 2.38. The Kier molecular flexibility index (Phi) is 4.83. The third-order valence-corrected chi connectivity index (χ3v) is 3.43. The largest absolute Gasteiger partial charge is 0.423 e. The van der Waals surface area contributed by atoms with Crippen molar-refractivity contribution in [3.63, 3.8) is 0 Å². The summed E-state index contributed by atoms with van der Waals surface area (Å²) < 4.78 is 38.6. The quantitative estimate of drug-likeness (QED) is 0.669. The van der Waals surface area contributed by atoms with E-state index in [1.54, 1.807) is 0 Å². The Morgan fingerprint density at radius 2 is 1.86 bits per heavy atom. The molecule has 0 bridgehead atoms. The van der Waals surface area contributed by atoms with Crippen LogP contribution in [0.15, 0.2) is 18.2 Å². The van der Waals surface area contributed by atoms with Crippen molar-refractivity contribution in [2.75, 3.05) is 26.0 Å². The lowest BCUT2D eigenvalue weighted by Crippen LogP contribution is -2.44. The first-order chi connectivity index (χ1) is 9.45. The second-order valence-electron chi connectivity index (χ2n) is 5.55. The Morgan fingerprint density at radius 3 is 2.29 bits per heavy atom. The van der Waals surface area contributed by atoms with Crippen LogP contribution in [0.1, 0.15) is 19.4 Å². The van der Waals surface area contributed by atoms with Crippen LogP contribution in [0.2, 0.25) is 0 Å². The van der Waals surface area contributed by atoms with Gasteiger partial charge in [0.05, 0.1) is 4.92 Å². The Labute approximate surface area is 120 Å². The number of benzene rings is 1. The first-order valence-corrected chi connectivity index (χ1v) is 6.22. The van der Waals surface area contributed by atoms with Gasteiger partial charge in [-0.25, -0.2) is 0 Å². The summed E-state index contributed by atoms with van der Waals surface area (Å²) in [5, 5.41) is 13.5. The second kappa shape index (κ2) is 5.88. The molecule has 0 heterocycles. The number of hydrogen-bond donors (Lipinski definition) is 1. The van der Waals surface area contributed by atoms with E-state index in [0.717, 1.165) is 12.1 Å². The summed E-state index contributed by atoms with van der Waals surface area (Å²) in [6, 6.07) is 2.91. The minimum Gasteiger partial charge on any atom is -0.383 e. The van der Waals surface area contributed by atoms with Gasteiger partial charge in [0, 0.05) is 23.8 Å². The molecule has 1 aromatic rings. The predicted octanol–water partition coefficient (Wildman–Crippen LogP) is 3.37. The highest BCUT2D eigenvalue weighted by molar-refractivity contribution is 5.55. The van der Waals surface area contributed by atoms with Crippen molar-refractivity contribution >= 4 is 11.4 Å². The predicted molar refractivity (Wildman–Crippen MR) is 74.4 cm³/mol. The molecule has 0 saturated carbocycles. The molecule has 0 aliphatic heterocycles. The standard InChI is InChI=1S/C13H18F3N3O2/c1-12(2,18(3)4)8-17-9-5-6-11(19(20)21)10(7-9)13(14,15)16/h5-7,17H,8H2,1-4H3. The Hall–Kier alpha value is -1.83. The molecule has 0 spiro atoms. The van der Waals surface area contributed by atoms with Crippen LogP contribution in [0.4, 0.5) is 24.5 Å². The normalized spacial score (nSPS) is 12.6. The van der Waals surface area contributed by atoms with E-state index < -0.39 is 22.4 Å². The number of anilines is 1. The molecule has 21 heavy (non-hydrogen) atoms. The average molecular weight is 305 g/mol. The van der Waals surface area contributed by atoms with Crippen LogP contribution in [0.25, 0.3) is 0 Å². The number of nitrogens with one attached hydrogen (secondary N) is 1. The molecule has 1 N–H and O–H groups in total. The number of nitrogens with zero attached hydrogens (tertiary/aromatic N) is 2. The van der Waals surface area contributed by atoms with Crippen molar-refractivity contribution < 1.29 is 18.1 Å². The summed E-state index contributed by atoms with van der Waals surface area (Å²) in [4.78, 5) is 11.6. The number of nitro groups is 1. The van der Waals surface area contributed by atoms with Crippen LogP contribution < -0.4 is 5.32 Å². The maximum Gasteiger partial charge on any atom is 0.423 e. The number of rotatable bonds is 5. The van der Waals surface area contributed by atoms with Crippen LogP contribution in [0.5, 0.6) is 0 Å². The molecule has 0 fully saturated rings. The zero-order chi connectivity index (χ0) is 16.4. The highest BCUT2D eigenvalue weighted by Crippen LogP contribution is 2.37. The molecule has 0 radical (unpaired) electrons. The fourth-order valence-corrected chi connectivity index (χ4v) is 1.51. The van der Waals surface area contributed by atoms with Crippen molar-refractivity contribution in [2.45, 2.75) is 25.6 Å². The summed E-state index contributed by atoms with van der Waals surface area (Å²) in [6.07, 6.45) is -4.77. The SMILES string of the molecule is CN(C)C(C)(C)CNc1ccc([N+](=O)[O-])c(C(F)(F)F)c1. The van der Waals surface area contributed by atoms with Crippen LogP contribution in [0, 0.1) is 10.1 Å². The summed E-state index contributed by atoms with van der Waals surface area (Å²) in [5.41, 5.74) is -2.27. The summed E-state index contributed by atoms with van der Waals surface area (Å²) in [5.74, 6) is 0. The molecule has 0 aliphatic carbocycles. The fourth-order valence-electron chi connectivity index (χ4n) is 1.51. The van der Waals surface area contributed by atoms with Crippen LogP contribution in [-0.2, 0) is 6.18 Å². The van der Waals surface area contributed by atoms with Crippen molar-refractivity contribution in [1.82, 2.24) is 4.90 Å². The lowest BCUT2D eigenvalue weighted by Gasteiger charge is -2.33. The van der Waals surface area contributed by atoms with Gasteiger partial charge in [0.1, 0.15) is 5.56 Å². The van der Waals surface area contributed by atoms with Gasteiger partial charge in [0.25, 0.3) is 5.69 Å². The smallest absolute Gasteiger partial charge is 0.383 e. The highest BCUT2D eigenvalue weighted by atomic mass is 19.4. The van der Waals surface area contributed by atoms with Gasteiger partial charge in [-0.05, 0) is 40.1 Å². The lowest BCUT2D eigenvalue weighted by atomic mass is 10.0. The Morgan fingerprint density at radius 1 is 1.29 bits per heavy atom. The number of halogens is 3. The molecular weight excluding hydrogens is 287 g/mol. The van der Waals surface area contributed by atoms with Gasteiger partial charge in [0.2, 0.25) is 0 Å².